The Bertz CT molecular complexity index is 883. The lowest BCUT2D eigenvalue weighted by Gasteiger charge is -2.31. The number of rotatable bonds is 7. The summed E-state index contributed by atoms with van der Waals surface area (Å²) in [5.74, 6) is -0.835. The van der Waals surface area contributed by atoms with Crippen molar-refractivity contribution >= 4 is 27.7 Å². The van der Waals surface area contributed by atoms with Gasteiger partial charge in [0.05, 0.1) is 6.42 Å². The molecule has 2 aromatic carbocycles. The standard InChI is InChI=1S/C24H28BrFN2O2/c1-17(24(30)27-21-11-3-2-4-12-21)28(16-18-8-7-10-20(25)14-18)23(29)15-19-9-5-6-13-22(19)26/h5-10,13-14,17,21H,2-4,11-12,15-16H2,1H3,(H,27,30). The SMILES string of the molecule is CC(C(=O)NC1CCCCC1)N(Cc1cccc(Br)c1)C(=O)Cc1ccccc1F. The summed E-state index contributed by atoms with van der Waals surface area (Å²) < 4.78 is 15.0. The molecule has 2 amide bonds. The molecule has 0 aliphatic heterocycles. The quantitative estimate of drug-likeness (QED) is 0.613. The van der Waals surface area contributed by atoms with Crippen LogP contribution in [0.5, 0.6) is 0 Å². The second-order valence-corrected chi connectivity index (χ2v) is 8.85. The first-order chi connectivity index (χ1) is 14.4. The first-order valence-electron chi connectivity index (χ1n) is 10.5. The highest BCUT2D eigenvalue weighted by Gasteiger charge is 2.28. The fraction of sp³-hybridized carbons (Fsp3) is 0.417. The van der Waals surface area contributed by atoms with Gasteiger partial charge in [-0.1, -0.05) is 65.5 Å². The average Bonchev–Trinajstić information content (AvgIpc) is 2.74. The molecule has 0 heterocycles. The highest BCUT2D eigenvalue weighted by molar-refractivity contribution is 9.10. The Morgan fingerprint density at radius 3 is 2.57 bits per heavy atom. The summed E-state index contributed by atoms with van der Waals surface area (Å²) >= 11 is 3.45. The van der Waals surface area contributed by atoms with Crippen LogP contribution in [0.15, 0.2) is 53.0 Å². The van der Waals surface area contributed by atoms with Crippen molar-refractivity contribution in [2.45, 2.75) is 64.1 Å². The van der Waals surface area contributed by atoms with Gasteiger partial charge in [0.1, 0.15) is 11.9 Å². The number of benzene rings is 2. The van der Waals surface area contributed by atoms with Gasteiger partial charge in [0, 0.05) is 17.1 Å². The van der Waals surface area contributed by atoms with Gasteiger partial charge in [-0.15, -0.1) is 0 Å². The molecule has 30 heavy (non-hydrogen) atoms. The van der Waals surface area contributed by atoms with Crippen LogP contribution in [0.3, 0.4) is 0 Å². The number of nitrogens with zero attached hydrogens (tertiary/aromatic N) is 1. The minimum Gasteiger partial charge on any atom is -0.352 e. The first-order valence-corrected chi connectivity index (χ1v) is 11.3. The monoisotopic (exact) mass is 474 g/mol. The molecule has 1 aliphatic rings. The maximum atomic E-state index is 14.1. The van der Waals surface area contributed by atoms with Crippen LogP contribution in [-0.2, 0) is 22.6 Å². The molecule has 0 radical (unpaired) electrons. The molecule has 0 bridgehead atoms. The minimum absolute atomic E-state index is 0.0816. The average molecular weight is 475 g/mol. The van der Waals surface area contributed by atoms with Gasteiger partial charge in [-0.2, -0.15) is 0 Å². The fourth-order valence-corrected chi connectivity index (χ4v) is 4.34. The van der Waals surface area contributed by atoms with Crippen LogP contribution in [0, 0.1) is 5.82 Å². The predicted octanol–water partition coefficient (Wildman–Crippen LogP) is 5.00. The Labute approximate surface area is 186 Å². The zero-order chi connectivity index (χ0) is 21.5. The van der Waals surface area contributed by atoms with Crippen molar-refractivity contribution in [1.29, 1.82) is 0 Å². The van der Waals surface area contributed by atoms with E-state index in [1.807, 2.05) is 24.3 Å². The molecule has 1 atom stereocenters. The third-order valence-electron chi connectivity index (χ3n) is 5.66. The van der Waals surface area contributed by atoms with Crippen molar-refractivity contribution in [1.82, 2.24) is 10.2 Å². The fourth-order valence-electron chi connectivity index (χ4n) is 3.89. The zero-order valence-corrected chi connectivity index (χ0v) is 18.8. The molecular weight excluding hydrogens is 447 g/mol. The van der Waals surface area contributed by atoms with E-state index in [9.17, 15) is 14.0 Å². The van der Waals surface area contributed by atoms with Crippen molar-refractivity contribution in [3.63, 3.8) is 0 Å². The van der Waals surface area contributed by atoms with Crippen LogP contribution >= 0.6 is 15.9 Å². The highest BCUT2D eigenvalue weighted by Crippen LogP contribution is 2.20. The summed E-state index contributed by atoms with van der Waals surface area (Å²) in [7, 11) is 0. The molecule has 1 unspecified atom stereocenters. The molecule has 1 saturated carbocycles. The van der Waals surface area contributed by atoms with Crippen molar-refractivity contribution in [3.8, 4) is 0 Å². The number of nitrogens with one attached hydrogen (secondary N) is 1. The lowest BCUT2D eigenvalue weighted by molar-refractivity contribution is -0.140. The lowest BCUT2D eigenvalue weighted by atomic mass is 9.95. The molecule has 0 saturated heterocycles. The largest absolute Gasteiger partial charge is 0.352 e. The Morgan fingerprint density at radius 2 is 1.87 bits per heavy atom. The molecule has 1 aliphatic carbocycles. The van der Waals surface area contributed by atoms with E-state index in [1.165, 1.54) is 12.5 Å². The van der Waals surface area contributed by atoms with Gasteiger partial charge in [-0.05, 0) is 49.1 Å². The molecule has 1 N–H and O–H groups in total. The Morgan fingerprint density at radius 1 is 1.13 bits per heavy atom. The van der Waals surface area contributed by atoms with Gasteiger partial charge in [-0.3, -0.25) is 9.59 Å². The van der Waals surface area contributed by atoms with E-state index in [-0.39, 0.29) is 30.8 Å². The van der Waals surface area contributed by atoms with E-state index in [0.717, 1.165) is 35.7 Å². The van der Waals surface area contributed by atoms with Crippen LogP contribution in [0.4, 0.5) is 4.39 Å². The van der Waals surface area contributed by atoms with Crippen molar-refractivity contribution in [3.05, 3.63) is 69.9 Å². The molecule has 1 fully saturated rings. The number of carbonyl (C=O) groups excluding carboxylic acids is 2. The van der Waals surface area contributed by atoms with Crippen LogP contribution in [0.25, 0.3) is 0 Å². The van der Waals surface area contributed by atoms with Gasteiger partial charge in [0.15, 0.2) is 0 Å². The van der Waals surface area contributed by atoms with Gasteiger partial charge in [0.2, 0.25) is 11.8 Å². The van der Waals surface area contributed by atoms with E-state index in [2.05, 4.69) is 21.2 Å². The third-order valence-corrected chi connectivity index (χ3v) is 6.15. The number of hydrogen-bond donors (Lipinski definition) is 1. The molecule has 3 rings (SSSR count). The third kappa shape index (κ3) is 6.14. The maximum Gasteiger partial charge on any atom is 0.242 e. The van der Waals surface area contributed by atoms with E-state index in [1.54, 1.807) is 30.0 Å². The van der Waals surface area contributed by atoms with Crippen molar-refractivity contribution < 1.29 is 14.0 Å². The Kier molecular flexibility index (Phi) is 8.02. The smallest absolute Gasteiger partial charge is 0.242 e. The van der Waals surface area contributed by atoms with Gasteiger partial charge in [-0.25, -0.2) is 4.39 Å². The maximum absolute atomic E-state index is 14.1. The predicted molar refractivity (Wildman–Crippen MR) is 119 cm³/mol. The number of halogens is 2. The normalized spacial score (nSPS) is 15.4. The molecule has 4 nitrogen and oxygen atoms in total. The van der Waals surface area contributed by atoms with Crippen LogP contribution < -0.4 is 5.32 Å². The number of hydrogen-bond acceptors (Lipinski definition) is 2. The zero-order valence-electron chi connectivity index (χ0n) is 17.2. The van der Waals surface area contributed by atoms with Gasteiger partial charge < -0.3 is 10.2 Å². The Hall–Kier alpha value is -2.21. The second-order valence-electron chi connectivity index (χ2n) is 7.94. The summed E-state index contributed by atoms with van der Waals surface area (Å²) in [6.45, 7) is 2.03. The lowest BCUT2D eigenvalue weighted by Crippen LogP contribution is -2.50. The summed E-state index contributed by atoms with van der Waals surface area (Å²) in [6.07, 6.45) is 5.32. The van der Waals surface area contributed by atoms with E-state index < -0.39 is 11.9 Å². The summed E-state index contributed by atoms with van der Waals surface area (Å²) in [5, 5.41) is 3.11. The summed E-state index contributed by atoms with van der Waals surface area (Å²) in [6, 6.07) is 13.4. The number of amides is 2. The van der Waals surface area contributed by atoms with E-state index in [0.29, 0.717) is 5.56 Å². The first kappa shape index (κ1) is 22.5. The van der Waals surface area contributed by atoms with Gasteiger partial charge in [0.25, 0.3) is 0 Å². The molecule has 2 aromatic rings. The van der Waals surface area contributed by atoms with Crippen molar-refractivity contribution in [2.24, 2.45) is 0 Å². The van der Waals surface area contributed by atoms with Gasteiger partial charge >= 0.3 is 0 Å². The Balaban J connectivity index is 1.77. The van der Waals surface area contributed by atoms with Crippen LogP contribution in [-0.4, -0.2) is 28.8 Å². The highest BCUT2D eigenvalue weighted by atomic mass is 79.9. The van der Waals surface area contributed by atoms with E-state index >= 15 is 0 Å². The molecule has 6 heteroatoms. The molecule has 0 aromatic heterocycles. The number of carbonyl (C=O) groups is 2. The van der Waals surface area contributed by atoms with Crippen molar-refractivity contribution in [2.75, 3.05) is 0 Å². The van der Waals surface area contributed by atoms with Crippen LogP contribution in [0.1, 0.15) is 50.2 Å². The molecule has 0 spiro atoms. The molecular formula is C24H28BrFN2O2. The summed E-state index contributed by atoms with van der Waals surface area (Å²) in [4.78, 5) is 27.7. The second kappa shape index (κ2) is 10.7. The van der Waals surface area contributed by atoms with Crippen LogP contribution in [0.2, 0.25) is 0 Å². The van der Waals surface area contributed by atoms with E-state index in [4.69, 9.17) is 0 Å². The summed E-state index contributed by atoms with van der Waals surface area (Å²) in [5.41, 5.74) is 1.24. The minimum atomic E-state index is -0.648. The molecule has 160 valence electrons. The topological polar surface area (TPSA) is 49.4 Å².